The molecule has 150 valence electrons. The zero-order valence-corrected chi connectivity index (χ0v) is 16.9. The molecule has 0 unspecified atom stereocenters. The highest BCUT2D eigenvalue weighted by molar-refractivity contribution is 5.89. The van der Waals surface area contributed by atoms with Crippen LogP contribution in [0.5, 0.6) is 11.5 Å². The number of rotatable bonds is 6. The quantitative estimate of drug-likeness (QED) is 0.586. The number of para-hydroxylation sites is 1. The topological polar surface area (TPSA) is 51.9 Å². The van der Waals surface area contributed by atoms with E-state index in [1.165, 1.54) is 19.3 Å². The third kappa shape index (κ3) is 4.26. The Morgan fingerprint density at radius 3 is 2.41 bits per heavy atom. The van der Waals surface area contributed by atoms with Gasteiger partial charge in [0.15, 0.2) is 11.5 Å². The van der Waals surface area contributed by atoms with Gasteiger partial charge in [0, 0.05) is 30.4 Å². The first-order valence-electron chi connectivity index (χ1n) is 9.95. The smallest absolute Gasteiger partial charge is 0.161 e. The summed E-state index contributed by atoms with van der Waals surface area (Å²) in [5.41, 5.74) is 3.78. The van der Waals surface area contributed by atoms with Crippen molar-refractivity contribution in [3.63, 3.8) is 0 Å². The standard InChI is InChI=1S/C23H26N4O2/c1-28-21-12-11-18(15-22(21)29-2)23-19(16-24-26-13-7-4-8-14-26)17-27(25-23)20-9-5-3-6-10-20/h3,5-6,9-12,15-17H,4,7-8,13-14H2,1-2H3/b24-16-. The van der Waals surface area contributed by atoms with Gasteiger partial charge in [0.1, 0.15) is 5.69 Å². The number of piperidine rings is 1. The van der Waals surface area contributed by atoms with Crippen molar-refractivity contribution in [1.29, 1.82) is 0 Å². The Morgan fingerprint density at radius 1 is 0.931 bits per heavy atom. The summed E-state index contributed by atoms with van der Waals surface area (Å²) in [6.45, 7) is 2.02. The van der Waals surface area contributed by atoms with Crippen LogP contribution in [-0.2, 0) is 0 Å². The molecule has 1 aliphatic heterocycles. The third-order valence-electron chi connectivity index (χ3n) is 5.11. The normalized spacial score (nSPS) is 14.3. The van der Waals surface area contributed by atoms with Gasteiger partial charge < -0.3 is 9.47 Å². The number of hydrogen-bond donors (Lipinski definition) is 0. The van der Waals surface area contributed by atoms with Crippen molar-refractivity contribution in [2.45, 2.75) is 19.3 Å². The minimum atomic E-state index is 0.679. The summed E-state index contributed by atoms with van der Waals surface area (Å²) in [5.74, 6) is 1.38. The average Bonchev–Trinajstić information content (AvgIpc) is 3.23. The van der Waals surface area contributed by atoms with Gasteiger partial charge in [0.2, 0.25) is 0 Å². The number of methoxy groups -OCH3 is 2. The maximum absolute atomic E-state index is 5.48. The maximum atomic E-state index is 5.48. The predicted octanol–water partition coefficient (Wildman–Crippen LogP) is 4.38. The number of hydrazone groups is 1. The highest BCUT2D eigenvalue weighted by Gasteiger charge is 2.15. The zero-order chi connectivity index (χ0) is 20.1. The predicted molar refractivity (Wildman–Crippen MR) is 115 cm³/mol. The van der Waals surface area contributed by atoms with E-state index in [1.54, 1.807) is 14.2 Å². The van der Waals surface area contributed by atoms with Crippen LogP contribution in [0.3, 0.4) is 0 Å². The summed E-state index contributed by atoms with van der Waals surface area (Å²) in [6, 6.07) is 15.9. The van der Waals surface area contributed by atoms with Gasteiger partial charge in [-0.25, -0.2) is 4.68 Å². The van der Waals surface area contributed by atoms with Crippen LogP contribution >= 0.6 is 0 Å². The molecule has 4 rings (SSSR count). The second-order valence-electron chi connectivity index (χ2n) is 7.04. The fourth-order valence-corrected chi connectivity index (χ4v) is 3.54. The fourth-order valence-electron chi connectivity index (χ4n) is 3.54. The molecule has 1 fully saturated rings. The van der Waals surface area contributed by atoms with Crippen molar-refractivity contribution in [2.75, 3.05) is 27.3 Å². The molecule has 29 heavy (non-hydrogen) atoms. The van der Waals surface area contributed by atoms with Crippen LogP contribution in [0, 0.1) is 0 Å². The van der Waals surface area contributed by atoms with E-state index in [2.05, 4.69) is 5.01 Å². The lowest BCUT2D eigenvalue weighted by Crippen LogP contribution is -2.24. The SMILES string of the molecule is COc1ccc(-c2nn(-c3ccccc3)cc2/C=N\N2CCCCC2)cc1OC. The van der Waals surface area contributed by atoms with Gasteiger partial charge in [-0.1, -0.05) is 18.2 Å². The molecule has 3 aromatic rings. The molecule has 0 atom stereocenters. The first-order valence-corrected chi connectivity index (χ1v) is 9.95. The molecule has 0 N–H and O–H groups in total. The molecule has 6 nitrogen and oxygen atoms in total. The Balaban J connectivity index is 1.74. The van der Waals surface area contributed by atoms with Crippen LogP contribution < -0.4 is 9.47 Å². The Bertz CT molecular complexity index is 976. The average molecular weight is 390 g/mol. The highest BCUT2D eigenvalue weighted by atomic mass is 16.5. The summed E-state index contributed by atoms with van der Waals surface area (Å²) in [7, 11) is 3.28. The van der Waals surface area contributed by atoms with Gasteiger partial charge in [-0.05, 0) is 49.6 Å². The Hall–Kier alpha value is -3.28. The summed E-state index contributed by atoms with van der Waals surface area (Å²) >= 11 is 0. The molecule has 6 heteroatoms. The molecule has 0 aliphatic carbocycles. The van der Waals surface area contributed by atoms with E-state index in [1.807, 2.05) is 65.6 Å². The molecular formula is C23H26N4O2. The summed E-state index contributed by atoms with van der Waals surface area (Å²) in [5, 5.41) is 11.7. The number of ether oxygens (including phenoxy) is 2. The first kappa shape index (κ1) is 19.1. The summed E-state index contributed by atoms with van der Waals surface area (Å²) in [6.07, 6.45) is 7.62. The van der Waals surface area contributed by atoms with Crippen molar-refractivity contribution >= 4 is 6.21 Å². The summed E-state index contributed by atoms with van der Waals surface area (Å²) < 4.78 is 12.8. The van der Waals surface area contributed by atoms with Crippen molar-refractivity contribution < 1.29 is 9.47 Å². The number of aromatic nitrogens is 2. The number of benzene rings is 2. The monoisotopic (exact) mass is 390 g/mol. The molecule has 0 spiro atoms. The minimum absolute atomic E-state index is 0.679. The molecule has 0 bridgehead atoms. The van der Waals surface area contributed by atoms with Crippen LogP contribution in [0.2, 0.25) is 0 Å². The lowest BCUT2D eigenvalue weighted by molar-refractivity contribution is 0.240. The van der Waals surface area contributed by atoms with Gasteiger partial charge in [-0.2, -0.15) is 10.2 Å². The van der Waals surface area contributed by atoms with Gasteiger partial charge in [0.25, 0.3) is 0 Å². The van der Waals surface area contributed by atoms with Crippen molar-refractivity contribution in [1.82, 2.24) is 14.8 Å². The second-order valence-corrected chi connectivity index (χ2v) is 7.04. The van der Waals surface area contributed by atoms with Crippen molar-refractivity contribution in [2.24, 2.45) is 5.10 Å². The molecule has 2 heterocycles. The maximum Gasteiger partial charge on any atom is 0.161 e. The fraction of sp³-hybridized carbons (Fsp3) is 0.304. The zero-order valence-electron chi connectivity index (χ0n) is 16.9. The molecule has 2 aromatic carbocycles. The van der Waals surface area contributed by atoms with Crippen LogP contribution in [0.4, 0.5) is 0 Å². The minimum Gasteiger partial charge on any atom is -0.493 e. The largest absolute Gasteiger partial charge is 0.493 e. The van der Waals surface area contributed by atoms with Gasteiger partial charge in [-0.15, -0.1) is 0 Å². The molecule has 0 saturated carbocycles. The molecule has 0 amide bonds. The molecular weight excluding hydrogens is 364 g/mol. The molecule has 0 radical (unpaired) electrons. The number of hydrogen-bond acceptors (Lipinski definition) is 5. The molecule has 1 saturated heterocycles. The van der Waals surface area contributed by atoms with Crippen LogP contribution in [0.1, 0.15) is 24.8 Å². The Morgan fingerprint density at radius 2 is 1.69 bits per heavy atom. The van der Waals surface area contributed by atoms with Crippen molar-refractivity contribution in [3.8, 4) is 28.4 Å². The van der Waals surface area contributed by atoms with E-state index in [0.29, 0.717) is 11.5 Å². The first-order chi connectivity index (χ1) is 14.3. The van der Waals surface area contributed by atoms with Crippen LogP contribution in [0.25, 0.3) is 16.9 Å². The second kappa shape index (κ2) is 8.82. The molecule has 1 aliphatic rings. The third-order valence-corrected chi connectivity index (χ3v) is 5.11. The Labute approximate surface area is 171 Å². The van der Waals surface area contributed by atoms with Gasteiger partial charge in [-0.3, -0.25) is 5.01 Å². The molecule has 1 aromatic heterocycles. The van der Waals surface area contributed by atoms with Crippen molar-refractivity contribution in [3.05, 3.63) is 60.3 Å². The van der Waals surface area contributed by atoms with E-state index in [9.17, 15) is 0 Å². The lowest BCUT2D eigenvalue weighted by Gasteiger charge is -2.23. The highest BCUT2D eigenvalue weighted by Crippen LogP contribution is 2.33. The van der Waals surface area contributed by atoms with E-state index < -0.39 is 0 Å². The van der Waals surface area contributed by atoms with Crippen LogP contribution in [0.15, 0.2) is 59.8 Å². The number of nitrogens with zero attached hydrogens (tertiary/aromatic N) is 4. The van der Waals surface area contributed by atoms with E-state index in [0.717, 1.165) is 35.6 Å². The lowest BCUT2D eigenvalue weighted by atomic mass is 10.1. The van der Waals surface area contributed by atoms with E-state index in [-0.39, 0.29) is 0 Å². The van der Waals surface area contributed by atoms with Gasteiger partial charge >= 0.3 is 0 Å². The van der Waals surface area contributed by atoms with E-state index in [4.69, 9.17) is 19.7 Å². The van der Waals surface area contributed by atoms with E-state index >= 15 is 0 Å². The van der Waals surface area contributed by atoms with Gasteiger partial charge in [0.05, 0.1) is 26.1 Å². The van der Waals surface area contributed by atoms with Crippen LogP contribution in [-0.4, -0.2) is 48.3 Å². The Kier molecular flexibility index (Phi) is 5.79. The summed E-state index contributed by atoms with van der Waals surface area (Å²) in [4.78, 5) is 0.